The summed E-state index contributed by atoms with van der Waals surface area (Å²) in [4.78, 5) is 10.3. The topological polar surface area (TPSA) is 38.2 Å². The van der Waals surface area contributed by atoms with Crippen molar-refractivity contribution in [1.82, 2.24) is 9.97 Å². The van der Waals surface area contributed by atoms with E-state index in [0.717, 1.165) is 32.0 Å². The molecule has 2 rings (SSSR count). The minimum Gasteiger partial charge on any atom is -0.381 e. The van der Waals surface area contributed by atoms with Crippen LogP contribution in [0.4, 0.5) is 5.82 Å². The Balaban J connectivity index is 1.97. The Hall–Kier alpha value is -0.870. The smallest absolute Gasteiger partial charge is 0.149 e. The zero-order valence-corrected chi connectivity index (χ0v) is 9.44. The monoisotopic (exact) mass is 227 g/mol. The number of halogens is 1. The van der Waals surface area contributed by atoms with Crippen molar-refractivity contribution in [3.63, 3.8) is 0 Å². The Kier molecular flexibility index (Phi) is 3.38. The highest BCUT2D eigenvalue weighted by atomic mass is 35.5. The van der Waals surface area contributed by atoms with Crippen LogP contribution in [0, 0.1) is 5.92 Å². The summed E-state index contributed by atoms with van der Waals surface area (Å²) in [6.45, 7) is 2.66. The van der Waals surface area contributed by atoms with Gasteiger partial charge in [-0.05, 0) is 6.42 Å². The molecule has 82 valence electrons. The van der Waals surface area contributed by atoms with Gasteiger partial charge in [-0.2, -0.15) is 0 Å². The van der Waals surface area contributed by atoms with Crippen LogP contribution in [-0.4, -0.2) is 36.8 Å². The number of hydrogen-bond donors (Lipinski definition) is 0. The minimum absolute atomic E-state index is 0.432. The van der Waals surface area contributed by atoms with Gasteiger partial charge in [0.25, 0.3) is 0 Å². The summed E-state index contributed by atoms with van der Waals surface area (Å²) in [7, 11) is 2.00. The fraction of sp³-hybridized carbons (Fsp3) is 0.600. The van der Waals surface area contributed by atoms with E-state index in [9.17, 15) is 0 Å². The highest BCUT2D eigenvalue weighted by Gasteiger charge is 2.18. The van der Waals surface area contributed by atoms with Crippen molar-refractivity contribution >= 4 is 17.4 Å². The number of ether oxygens (including phenoxy) is 1. The van der Waals surface area contributed by atoms with Crippen LogP contribution < -0.4 is 4.90 Å². The van der Waals surface area contributed by atoms with Crippen LogP contribution in [0.2, 0.25) is 5.15 Å². The van der Waals surface area contributed by atoms with Crippen LogP contribution >= 0.6 is 11.6 Å². The van der Waals surface area contributed by atoms with E-state index in [-0.39, 0.29) is 0 Å². The molecule has 1 atom stereocenters. The zero-order valence-electron chi connectivity index (χ0n) is 8.69. The molecular weight excluding hydrogens is 214 g/mol. The van der Waals surface area contributed by atoms with Crippen molar-refractivity contribution in [3.05, 3.63) is 17.5 Å². The molecule has 0 amide bonds. The van der Waals surface area contributed by atoms with Crippen molar-refractivity contribution in [2.24, 2.45) is 5.92 Å². The molecule has 4 nitrogen and oxygen atoms in total. The maximum Gasteiger partial charge on any atom is 0.149 e. The molecule has 0 radical (unpaired) electrons. The van der Waals surface area contributed by atoms with Gasteiger partial charge in [-0.15, -0.1) is 0 Å². The van der Waals surface area contributed by atoms with Crippen molar-refractivity contribution in [3.8, 4) is 0 Å². The van der Waals surface area contributed by atoms with Gasteiger partial charge in [0.15, 0.2) is 0 Å². The summed E-state index contributed by atoms with van der Waals surface area (Å²) in [6.07, 6.45) is 4.39. The molecule has 0 aliphatic carbocycles. The zero-order chi connectivity index (χ0) is 10.7. The normalized spacial score (nSPS) is 20.5. The average Bonchev–Trinajstić information content (AvgIpc) is 2.70. The van der Waals surface area contributed by atoms with E-state index in [4.69, 9.17) is 16.3 Å². The van der Waals surface area contributed by atoms with Crippen LogP contribution in [0.15, 0.2) is 12.4 Å². The predicted molar refractivity (Wildman–Crippen MR) is 59.2 cm³/mol. The second kappa shape index (κ2) is 4.77. The molecular formula is C10H14ClN3O. The number of nitrogens with zero attached hydrogens (tertiary/aromatic N) is 3. The van der Waals surface area contributed by atoms with Crippen LogP contribution in [-0.2, 0) is 4.74 Å². The maximum absolute atomic E-state index is 5.78. The molecule has 1 saturated heterocycles. The lowest BCUT2D eigenvalue weighted by Crippen LogP contribution is -2.26. The van der Waals surface area contributed by atoms with E-state index in [2.05, 4.69) is 14.9 Å². The summed E-state index contributed by atoms with van der Waals surface area (Å²) in [6, 6.07) is 0. The largest absolute Gasteiger partial charge is 0.381 e. The third kappa shape index (κ3) is 2.79. The average molecular weight is 228 g/mol. The fourth-order valence-corrected chi connectivity index (χ4v) is 1.87. The second-order valence-corrected chi connectivity index (χ2v) is 4.20. The molecule has 1 aliphatic heterocycles. The van der Waals surface area contributed by atoms with Crippen LogP contribution in [0.1, 0.15) is 6.42 Å². The summed E-state index contributed by atoms with van der Waals surface area (Å²) in [5, 5.41) is 0.432. The van der Waals surface area contributed by atoms with Gasteiger partial charge in [0.05, 0.1) is 19.0 Å². The van der Waals surface area contributed by atoms with Gasteiger partial charge >= 0.3 is 0 Å². The van der Waals surface area contributed by atoms with Crippen LogP contribution in [0.25, 0.3) is 0 Å². The standard InChI is InChI=1S/C10H14ClN3O/c1-14(6-8-2-3-15-7-8)10-5-12-4-9(11)13-10/h4-5,8H,2-3,6-7H2,1H3/t8-/m1/s1. The van der Waals surface area contributed by atoms with Gasteiger partial charge in [0.2, 0.25) is 0 Å². The van der Waals surface area contributed by atoms with Crippen molar-refractivity contribution in [2.45, 2.75) is 6.42 Å². The van der Waals surface area contributed by atoms with Crippen molar-refractivity contribution in [1.29, 1.82) is 0 Å². The molecule has 1 aliphatic rings. The molecule has 0 spiro atoms. The maximum atomic E-state index is 5.78. The Morgan fingerprint density at radius 2 is 2.47 bits per heavy atom. The molecule has 0 saturated carbocycles. The van der Waals surface area contributed by atoms with Gasteiger partial charge in [0.1, 0.15) is 11.0 Å². The molecule has 0 aromatic carbocycles. The SMILES string of the molecule is CN(C[C@H]1CCOC1)c1cncc(Cl)n1. The molecule has 1 aromatic rings. The summed E-state index contributed by atoms with van der Waals surface area (Å²) < 4.78 is 5.33. The Morgan fingerprint density at radius 3 is 3.13 bits per heavy atom. The van der Waals surface area contributed by atoms with E-state index in [1.165, 1.54) is 6.20 Å². The van der Waals surface area contributed by atoms with E-state index in [1.54, 1.807) is 6.20 Å². The first-order chi connectivity index (χ1) is 7.25. The van der Waals surface area contributed by atoms with Gasteiger partial charge in [0, 0.05) is 26.1 Å². The molecule has 0 unspecified atom stereocenters. The summed E-state index contributed by atoms with van der Waals surface area (Å²) in [5.41, 5.74) is 0. The van der Waals surface area contributed by atoms with Crippen LogP contribution in [0.3, 0.4) is 0 Å². The third-order valence-corrected chi connectivity index (χ3v) is 2.72. The highest BCUT2D eigenvalue weighted by molar-refractivity contribution is 6.29. The fourth-order valence-electron chi connectivity index (χ4n) is 1.72. The Labute approximate surface area is 94.2 Å². The van der Waals surface area contributed by atoms with Crippen molar-refractivity contribution in [2.75, 3.05) is 31.7 Å². The summed E-state index contributed by atoms with van der Waals surface area (Å²) in [5.74, 6) is 1.41. The van der Waals surface area contributed by atoms with E-state index in [0.29, 0.717) is 11.1 Å². The number of rotatable bonds is 3. The number of anilines is 1. The van der Waals surface area contributed by atoms with E-state index in [1.807, 2.05) is 7.05 Å². The molecule has 5 heteroatoms. The number of hydrogen-bond acceptors (Lipinski definition) is 4. The Morgan fingerprint density at radius 1 is 1.60 bits per heavy atom. The number of aromatic nitrogens is 2. The second-order valence-electron chi connectivity index (χ2n) is 3.81. The summed E-state index contributed by atoms with van der Waals surface area (Å²) >= 11 is 5.78. The lowest BCUT2D eigenvalue weighted by molar-refractivity contribution is 0.186. The van der Waals surface area contributed by atoms with Gasteiger partial charge < -0.3 is 9.64 Å². The molecule has 0 N–H and O–H groups in total. The van der Waals surface area contributed by atoms with E-state index < -0.39 is 0 Å². The molecule has 2 heterocycles. The molecule has 15 heavy (non-hydrogen) atoms. The van der Waals surface area contributed by atoms with Crippen LogP contribution in [0.5, 0.6) is 0 Å². The predicted octanol–water partition coefficient (Wildman–Crippen LogP) is 1.60. The molecule has 0 bridgehead atoms. The van der Waals surface area contributed by atoms with Crippen molar-refractivity contribution < 1.29 is 4.74 Å². The van der Waals surface area contributed by atoms with Gasteiger partial charge in [-0.25, -0.2) is 4.98 Å². The molecule has 1 fully saturated rings. The minimum atomic E-state index is 0.432. The quantitative estimate of drug-likeness (QED) is 0.786. The van der Waals surface area contributed by atoms with E-state index >= 15 is 0 Å². The first-order valence-corrected chi connectivity index (χ1v) is 5.40. The highest BCUT2D eigenvalue weighted by Crippen LogP contribution is 2.17. The molecule has 1 aromatic heterocycles. The lowest BCUT2D eigenvalue weighted by Gasteiger charge is -2.20. The van der Waals surface area contributed by atoms with Gasteiger partial charge in [-0.1, -0.05) is 11.6 Å². The Bertz CT molecular complexity index is 328. The first kappa shape index (κ1) is 10.6. The van der Waals surface area contributed by atoms with Gasteiger partial charge in [-0.3, -0.25) is 4.98 Å². The first-order valence-electron chi connectivity index (χ1n) is 5.02. The lowest BCUT2D eigenvalue weighted by atomic mass is 10.1. The third-order valence-electron chi connectivity index (χ3n) is 2.54.